The van der Waals surface area contributed by atoms with Crippen molar-refractivity contribution >= 4 is 18.0 Å². The van der Waals surface area contributed by atoms with Gasteiger partial charge in [0.25, 0.3) is 0 Å². The number of aryl methyl sites for hydroxylation is 1. The van der Waals surface area contributed by atoms with Crippen LogP contribution in [0.3, 0.4) is 0 Å². The Morgan fingerprint density at radius 1 is 0.977 bits per heavy atom. The summed E-state index contributed by atoms with van der Waals surface area (Å²) in [5.74, 6) is 0.118. The highest BCUT2D eigenvalue weighted by molar-refractivity contribution is 5.73. The lowest BCUT2D eigenvalue weighted by Gasteiger charge is -2.21. The Morgan fingerprint density at radius 2 is 1.61 bits per heavy atom. The van der Waals surface area contributed by atoms with Gasteiger partial charge in [0.05, 0.1) is 6.33 Å². The van der Waals surface area contributed by atoms with Gasteiger partial charge in [0.15, 0.2) is 0 Å². The average Bonchev–Trinajstić information content (AvgIpc) is 3.46. The molecule has 0 radical (unpaired) electrons. The van der Waals surface area contributed by atoms with Crippen LogP contribution in [0.5, 0.6) is 0 Å². The second kappa shape index (κ2) is 21.9. The number of aromatic nitrogens is 2. The molecule has 0 aliphatic heterocycles. The molecule has 0 spiro atoms. The molecule has 4 rings (SSSR count). The standard InChI is InChI=1S/C14H17N3O.C14H24N2.C8H15NO/c1-12-2-4-13(5-3-12)9-17-10-16-8-14(17)6-7-15-11-18;1-4-10-16(11-5-2)12-13-6-8-14(15-3)9-7-13;1-7(10)9-8-5-3-2-4-6-8/h2-5,8,10-11H,6-7,9H2,1H3,(H,15,18);6-9,15H,4-5,10-12H2,1-3H3;8H,2-6H2,1H3,(H,9,10). The summed E-state index contributed by atoms with van der Waals surface area (Å²) >= 11 is 0. The van der Waals surface area contributed by atoms with Gasteiger partial charge in [-0.15, -0.1) is 0 Å². The second-order valence-corrected chi connectivity index (χ2v) is 11.6. The van der Waals surface area contributed by atoms with E-state index in [4.69, 9.17) is 0 Å². The Kier molecular flexibility index (Phi) is 18.2. The monoisotopic (exact) mass is 604 g/mol. The first-order chi connectivity index (χ1) is 21.4. The lowest BCUT2D eigenvalue weighted by atomic mass is 9.95. The Bertz CT molecular complexity index is 1160. The molecule has 1 aliphatic carbocycles. The number of nitrogens with zero attached hydrogens (tertiary/aromatic N) is 3. The van der Waals surface area contributed by atoms with Crippen molar-refractivity contribution < 1.29 is 9.59 Å². The van der Waals surface area contributed by atoms with Crippen LogP contribution >= 0.6 is 0 Å². The topological polar surface area (TPSA) is 91.3 Å². The highest BCUT2D eigenvalue weighted by atomic mass is 16.1. The van der Waals surface area contributed by atoms with E-state index in [9.17, 15) is 9.59 Å². The first-order valence-electron chi connectivity index (χ1n) is 16.4. The lowest BCUT2D eigenvalue weighted by molar-refractivity contribution is -0.119. The molecule has 0 atom stereocenters. The highest BCUT2D eigenvalue weighted by Gasteiger charge is 2.13. The maximum atomic E-state index is 10.6. The molecule has 3 N–H and O–H groups in total. The normalized spacial score (nSPS) is 12.8. The van der Waals surface area contributed by atoms with E-state index in [1.807, 2.05) is 19.6 Å². The van der Waals surface area contributed by atoms with Crippen LogP contribution in [-0.2, 0) is 29.1 Å². The maximum absolute atomic E-state index is 10.6. The van der Waals surface area contributed by atoms with Gasteiger partial charge in [0, 0.05) is 63.6 Å². The van der Waals surface area contributed by atoms with Gasteiger partial charge in [0.2, 0.25) is 12.3 Å². The summed E-state index contributed by atoms with van der Waals surface area (Å²) in [5, 5.41) is 8.75. The number of imidazole rings is 1. The van der Waals surface area contributed by atoms with E-state index >= 15 is 0 Å². The predicted molar refractivity (Wildman–Crippen MR) is 183 cm³/mol. The molecular weight excluding hydrogens is 548 g/mol. The fraction of sp³-hybridized carbons (Fsp3) is 0.528. The largest absolute Gasteiger partial charge is 0.388 e. The van der Waals surface area contributed by atoms with Crippen LogP contribution < -0.4 is 16.0 Å². The number of hydrogen-bond acceptors (Lipinski definition) is 5. The van der Waals surface area contributed by atoms with Gasteiger partial charge in [-0.3, -0.25) is 14.5 Å². The minimum Gasteiger partial charge on any atom is -0.388 e. The van der Waals surface area contributed by atoms with Gasteiger partial charge < -0.3 is 20.5 Å². The number of hydrogen-bond donors (Lipinski definition) is 3. The average molecular weight is 605 g/mol. The SMILES string of the molecule is CC(=O)NC1CCCCC1.CCCN(CCC)Cc1ccc(NC)cc1.Cc1ccc(Cn2cncc2CCNC=O)cc1. The van der Waals surface area contributed by atoms with Crippen LogP contribution in [0.4, 0.5) is 5.69 Å². The number of carbonyl (C=O) groups excluding carboxylic acids is 2. The summed E-state index contributed by atoms with van der Waals surface area (Å²) in [6.07, 6.45) is 13.9. The lowest BCUT2D eigenvalue weighted by Crippen LogP contribution is -2.34. The van der Waals surface area contributed by atoms with Crippen LogP contribution in [0.25, 0.3) is 0 Å². The van der Waals surface area contributed by atoms with Crippen molar-refractivity contribution in [3.05, 3.63) is 83.4 Å². The Morgan fingerprint density at radius 3 is 2.18 bits per heavy atom. The summed E-state index contributed by atoms with van der Waals surface area (Å²) < 4.78 is 2.11. The fourth-order valence-electron chi connectivity index (χ4n) is 5.32. The van der Waals surface area contributed by atoms with E-state index in [2.05, 4.69) is 99.7 Å². The van der Waals surface area contributed by atoms with Gasteiger partial charge >= 0.3 is 0 Å². The highest BCUT2D eigenvalue weighted by Crippen LogP contribution is 2.17. The third-order valence-corrected chi connectivity index (χ3v) is 7.62. The number of carbonyl (C=O) groups is 2. The van der Waals surface area contributed by atoms with Crippen molar-refractivity contribution in [2.24, 2.45) is 0 Å². The first kappa shape index (κ1) is 36.5. The minimum absolute atomic E-state index is 0.118. The van der Waals surface area contributed by atoms with Crippen LogP contribution in [-0.4, -0.2) is 59.5 Å². The van der Waals surface area contributed by atoms with Crippen LogP contribution in [0.1, 0.15) is 88.1 Å². The van der Waals surface area contributed by atoms with Crippen molar-refractivity contribution in [2.45, 2.75) is 98.2 Å². The third kappa shape index (κ3) is 15.2. The van der Waals surface area contributed by atoms with Crippen molar-refractivity contribution in [3.63, 3.8) is 0 Å². The molecule has 1 fully saturated rings. The molecule has 1 aliphatic rings. The van der Waals surface area contributed by atoms with Crippen LogP contribution in [0, 0.1) is 6.92 Å². The van der Waals surface area contributed by atoms with Crippen molar-refractivity contribution in [1.29, 1.82) is 0 Å². The van der Waals surface area contributed by atoms with E-state index in [1.54, 1.807) is 6.92 Å². The zero-order chi connectivity index (χ0) is 32.0. The quantitative estimate of drug-likeness (QED) is 0.148. The summed E-state index contributed by atoms with van der Waals surface area (Å²) in [6.45, 7) is 13.1. The summed E-state index contributed by atoms with van der Waals surface area (Å²) in [6, 6.07) is 17.7. The van der Waals surface area contributed by atoms with Gasteiger partial charge in [-0.05, 0) is 69.0 Å². The third-order valence-electron chi connectivity index (χ3n) is 7.62. The number of benzene rings is 2. The summed E-state index contributed by atoms with van der Waals surface area (Å²) in [7, 11) is 1.95. The molecule has 242 valence electrons. The molecule has 0 saturated heterocycles. The molecule has 44 heavy (non-hydrogen) atoms. The molecular formula is C36H56N6O2. The Balaban J connectivity index is 0.000000239. The number of rotatable bonds is 14. The molecule has 1 aromatic heterocycles. The number of anilines is 1. The number of nitrogens with one attached hydrogen (secondary N) is 3. The fourth-order valence-corrected chi connectivity index (χ4v) is 5.32. The van der Waals surface area contributed by atoms with E-state index in [0.717, 1.165) is 31.6 Å². The minimum atomic E-state index is 0.118. The second-order valence-electron chi connectivity index (χ2n) is 11.6. The molecule has 1 heterocycles. The summed E-state index contributed by atoms with van der Waals surface area (Å²) in [5.41, 5.74) is 6.23. The van der Waals surface area contributed by atoms with Crippen molar-refractivity contribution in [1.82, 2.24) is 25.1 Å². The molecule has 8 nitrogen and oxygen atoms in total. The van der Waals surface area contributed by atoms with Gasteiger partial charge in [-0.1, -0.05) is 75.1 Å². The zero-order valence-corrected chi connectivity index (χ0v) is 27.8. The van der Waals surface area contributed by atoms with Crippen molar-refractivity contribution in [2.75, 3.05) is 32.0 Å². The molecule has 0 bridgehead atoms. The maximum Gasteiger partial charge on any atom is 0.217 e. The van der Waals surface area contributed by atoms with Gasteiger partial charge in [0.1, 0.15) is 0 Å². The zero-order valence-electron chi connectivity index (χ0n) is 27.8. The van der Waals surface area contributed by atoms with Crippen LogP contribution in [0.2, 0.25) is 0 Å². The molecule has 1 saturated carbocycles. The molecule has 8 heteroatoms. The van der Waals surface area contributed by atoms with E-state index in [0.29, 0.717) is 12.6 Å². The Hall–Kier alpha value is -3.65. The summed E-state index contributed by atoms with van der Waals surface area (Å²) in [4.78, 5) is 27.5. The van der Waals surface area contributed by atoms with Gasteiger partial charge in [-0.2, -0.15) is 0 Å². The Labute approximate surface area is 266 Å². The van der Waals surface area contributed by atoms with E-state index < -0.39 is 0 Å². The molecule has 2 aromatic carbocycles. The van der Waals surface area contributed by atoms with Gasteiger partial charge in [-0.25, -0.2) is 4.98 Å². The predicted octanol–water partition coefficient (Wildman–Crippen LogP) is 6.33. The smallest absolute Gasteiger partial charge is 0.217 e. The van der Waals surface area contributed by atoms with E-state index in [1.165, 1.54) is 80.4 Å². The molecule has 3 aromatic rings. The van der Waals surface area contributed by atoms with Crippen LogP contribution in [0.15, 0.2) is 61.1 Å². The first-order valence-corrected chi connectivity index (χ1v) is 16.4. The molecule has 2 amide bonds. The van der Waals surface area contributed by atoms with E-state index in [-0.39, 0.29) is 5.91 Å². The number of amides is 2. The molecule has 0 unspecified atom stereocenters. The van der Waals surface area contributed by atoms with Crippen molar-refractivity contribution in [3.8, 4) is 0 Å².